The molecule has 2 aromatic carbocycles. The molecule has 11 heteroatoms. The van der Waals surface area contributed by atoms with Crippen LogP contribution in [0.1, 0.15) is 13.8 Å². The molecule has 0 amide bonds. The van der Waals surface area contributed by atoms with E-state index in [9.17, 15) is 24.6 Å². The van der Waals surface area contributed by atoms with Gasteiger partial charge in [0.15, 0.2) is 11.5 Å². The summed E-state index contributed by atoms with van der Waals surface area (Å²) in [5.74, 6) is -0.517. The average molecular weight is 514 g/mol. The quantitative estimate of drug-likeness (QED) is 0.444. The molecule has 3 aromatic rings. The van der Waals surface area contributed by atoms with Crippen LogP contribution in [0.4, 0.5) is 0 Å². The van der Waals surface area contributed by atoms with Crippen molar-refractivity contribution in [1.82, 2.24) is 0 Å². The number of methoxy groups -OCH3 is 1. The Balaban J connectivity index is 1.61. The molecular formula is C26H26O11. The van der Waals surface area contributed by atoms with Gasteiger partial charge >= 0.3 is 11.9 Å². The van der Waals surface area contributed by atoms with Gasteiger partial charge < -0.3 is 38.3 Å². The van der Waals surface area contributed by atoms with Gasteiger partial charge in [0, 0.05) is 19.9 Å². The summed E-state index contributed by atoms with van der Waals surface area (Å²) in [7, 11) is 1.55. The molecule has 1 fully saturated rings. The van der Waals surface area contributed by atoms with E-state index in [1.165, 1.54) is 31.4 Å². The van der Waals surface area contributed by atoms with Gasteiger partial charge in [0.25, 0.3) is 0 Å². The summed E-state index contributed by atoms with van der Waals surface area (Å²) >= 11 is 0. The Hall–Kier alpha value is -3.93. The van der Waals surface area contributed by atoms with Gasteiger partial charge in [-0.1, -0.05) is 12.1 Å². The fourth-order valence-corrected chi connectivity index (χ4v) is 3.94. The van der Waals surface area contributed by atoms with Crippen LogP contribution in [0.2, 0.25) is 0 Å². The maximum absolute atomic E-state index is 13.1. The molecule has 2 unspecified atom stereocenters. The van der Waals surface area contributed by atoms with E-state index in [4.69, 9.17) is 28.1 Å². The minimum absolute atomic E-state index is 0.171. The summed E-state index contributed by atoms with van der Waals surface area (Å²) in [5, 5.41) is 21.2. The van der Waals surface area contributed by atoms with Crippen LogP contribution >= 0.6 is 0 Å². The monoisotopic (exact) mass is 514 g/mol. The lowest BCUT2D eigenvalue weighted by atomic mass is 9.99. The van der Waals surface area contributed by atoms with Crippen molar-refractivity contribution >= 4 is 22.9 Å². The van der Waals surface area contributed by atoms with Crippen molar-refractivity contribution in [1.29, 1.82) is 0 Å². The van der Waals surface area contributed by atoms with Gasteiger partial charge in [-0.3, -0.25) is 14.4 Å². The molecule has 0 saturated carbocycles. The van der Waals surface area contributed by atoms with E-state index in [1.54, 1.807) is 31.4 Å². The number of esters is 2. The largest absolute Gasteiger partial charge is 0.497 e. The molecule has 0 bridgehead atoms. The molecule has 1 saturated heterocycles. The maximum Gasteiger partial charge on any atom is 0.303 e. The number of benzene rings is 2. The van der Waals surface area contributed by atoms with Crippen molar-refractivity contribution < 1.29 is 47.9 Å². The predicted molar refractivity (Wildman–Crippen MR) is 128 cm³/mol. The molecule has 11 nitrogen and oxygen atoms in total. The van der Waals surface area contributed by atoms with Gasteiger partial charge in [0.2, 0.25) is 6.29 Å². The number of hydrogen-bond acceptors (Lipinski definition) is 11. The van der Waals surface area contributed by atoms with Crippen molar-refractivity contribution in [3.05, 3.63) is 59.0 Å². The van der Waals surface area contributed by atoms with Crippen molar-refractivity contribution in [2.45, 2.75) is 44.6 Å². The number of carbonyl (C=O) groups excluding carboxylic acids is 2. The average Bonchev–Trinajstić information content (AvgIpc) is 2.87. The molecule has 1 aromatic heterocycles. The number of rotatable bonds is 7. The third-order valence-electron chi connectivity index (χ3n) is 5.80. The first-order chi connectivity index (χ1) is 17.7. The van der Waals surface area contributed by atoms with Gasteiger partial charge in [-0.05, 0) is 29.8 Å². The highest BCUT2D eigenvalue weighted by Gasteiger charge is 2.48. The van der Waals surface area contributed by atoms with Gasteiger partial charge in [0.05, 0.1) is 18.1 Å². The first-order valence-corrected chi connectivity index (χ1v) is 11.4. The molecule has 1 aliphatic rings. The van der Waals surface area contributed by atoms with E-state index in [0.29, 0.717) is 22.3 Å². The van der Waals surface area contributed by atoms with Gasteiger partial charge in [-0.2, -0.15) is 0 Å². The predicted octanol–water partition coefficient (Wildman–Crippen LogP) is 1.79. The van der Waals surface area contributed by atoms with E-state index in [2.05, 4.69) is 0 Å². The molecule has 1 aliphatic heterocycles. The number of hydrogen-bond donors (Lipinski definition) is 2. The smallest absolute Gasteiger partial charge is 0.303 e. The summed E-state index contributed by atoms with van der Waals surface area (Å²) in [4.78, 5) is 35.9. The zero-order valence-corrected chi connectivity index (χ0v) is 20.3. The number of carbonyl (C=O) groups is 2. The molecule has 2 heterocycles. The van der Waals surface area contributed by atoms with Crippen LogP contribution < -0.4 is 14.9 Å². The Morgan fingerprint density at radius 3 is 2.32 bits per heavy atom. The van der Waals surface area contributed by atoms with Gasteiger partial charge in [-0.25, -0.2) is 0 Å². The lowest BCUT2D eigenvalue weighted by Crippen LogP contribution is -2.61. The van der Waals surface area contributed by atoms with Crippen LogP contribution in [0.5, 0.6) is 11.5 Å². The van der Waals surface area contributed by atoms with Crippen molar-refractivity contribution in [3.63, 3.8) is 0 Å². The molecular weight excluding hydrogens is 488 g/mol. The second kappa shape index (κ2) is 11.0. The van der Waals surface area contributed by atoms with Crippen LogP contribution in [-0.2, 0) is 23.8 Å². The first kappa shape index (κ1) is 26.1. The zero-order chi connectivity index (χ0) is 26.7. The van der Waals surface area contributed by atoms with E-state index in [-0.39, 0.29) is 23.4 Å². The summed E-state index contributed by atoms with van der Waals surface area (Å²) in [5.41, 5.74) is 0.976. The third kappa shape index (κ3) is 5.74. The standard InChI is InChI=1S/C26H26O11/c1-13(27)33-12-21-23(30)24(31)25(35-14(2)28)26(37-21)36-17-8-9-18-20(10-17)34-11-19(22(18)29)15-4-6-16(32-3)7-5-15/h4-11,21,23-26,30-31H,12H2,1-3H3/t21?,23-,24+,25+,26?/m1/s1. The van der Waals surface area contributed by atoms with E-state index in [1.807, 2.05) is 0 Å². The Morgan fingerprint density at radius 2 is 1.68 bits per heavy atom. The number of fused-ring (bicyclic) bond motifs is 1. The maximum atomic E-state index is 13.1. The number of aliphatic hydroxyl groups excluding tert-OH is 2. The van der Waals surface area contributed by atoms with E-state index >= 15 is 0 Å². The SMILES string of the molecule is COc1ccc(-c2coc3cc(OC4OC(COC(C)=O)[C@@H](O)[C@H](O)[C@@H]4OC(C)=O)ccc3c2=O)cc1. The second-order valence-corrected chi connectivity index (χ2v) is 8.38. The Bertz CT molecular complexity index is 1330. The molecule has 196 valence electrons. The number of aliphatic hydroxyl groups is 2. The fourth-order valence-electron chi connectivity index (χ4n) is 3.94. The minimum atomic E-state index is -1.59. The Morgan fingerprint density at radius 1 is 0.973 bits per heavy atom. The molecule has 0 radical (unpaired) electrons. The van der Waals surface area contributed by atoms with Crippen molar-refractivity contribution in [2.24, 2.45) is 0 Å². The lowest BCUT2D eigenvalue weighted by Gasteiger charge is -2.41. The second-order valence-electron chi connectivity index (χ2n) is 8.38. The Kier molecular flexibility index (Phi) is 7.77. The van der Waals surface area contributed by atoms with Crippen LogP contribution in [-0.4, -0.2) is 66.6 Å². The molecule has 2 N–H and O–H groups in total. The molecule has 5 atom stereocenters. The highest BCUT2D eigenvalue weighted by molar-refractivity contribution is 5.82. The minimum Gasteiger partial charge on any atom is -0.497 e. The first-order valence-electron chi connectivity index (χ1n) is 11.4. The Labute approximate surface area is 211 Å². The van der Waals surface area contributed by atoms with Crippen LogP contribution in [0.25, 0.3) is 22.1 Å². The summed E-state index contributed by atoms with van der Waals surface area (Å²) in [6.45, 7) is 1.96. The van der Waals surface area contributed by atoms with E-state index in [0.717, 1.165) is 6.92 Å². The van der Waals surface area contributed by atoms with Crippen molar-refractivity contribution in [3.8, 4) is 22.6 Å². The van der Waals surface area contributed by atoms with Gasteiger partial charge in [0.1, 0.15) is 48.3 Å². The summed E-state index contributed by atoms with van der Waals surface area (Å²) in [6, 6.07) is 11.4. The van der Waals surface area contributed by atoms with Crippen LogP contribution in [0, 0.1) is 0 Å². The highest BCUT2D eigenvalue weighted by atomic mass is 16.7. The van der Waals surface area contributed by atoms with E-state index < -0.39 is 42.6 Å². The molecule has 0 spiro atoms. The molecule has 0 aliphatic carbocycles. The van der Waals surface area contributed by atoms with Crippen LogP contribution in [0.15, 0.2) is 57.9 Å². The van der Waals surface area contributed by atoms with Crippen LogP contribution in [0.3, 0.4) is 0 Å². The lowest BCUT2D eigenvalue weighted by molar-refractivity contribution is -0.282. The number of ether oxygens (including phenoxy) is 5. The van der Waals surface area contributed by atoms with Gasteiger partial charge in [-0.15, -0.1) is 0 Å². The molecule has 37 heavy (non-hydrogen) atoms. The zero-order valence-electron chi connectivity index (χ0n) is 20.3. The fraction of sp³-hybridized carbons (Fsp3) is 0.346. The molecule has 4 rings (SSSR count). The topological polar surface area (TPSA) is 151 Å². The summed E-state index contributed by atoms with van der Waals surface area (Å²) in [6.07, 6.45) is -5.68. The van der Waals surface area contributed by atoms with Crippen molar-refractivity contribution in [2.75, 3.05) is 13.7 Å². The normalized spacial score (nSPS) is 23.3. The highest BCUT2D eigenvalue weighted by Crippen LogP contribution is 2.29. The summed E-state index contributed by atoms with van der Waals surface area (Å²) < 4.78 is 32.4. The third-order valence-corrected chi connectivity index (χ3v) is 5.80.